The topological polar surface area (TPSA) is 0 Å². The summed E-state index contributed by atoms with van der Waals surface area (Å²) in [5.41, 5.74) is 0. The van der Waals surface area contributed by atoms with Gasteiger partial charge in [0.1, 0.15) is 0 Å². The molecule has 0 aliphatic heterocycles. The molecular weight excluding hydrogens is 525 g/mol. The Morgan fingerprint density at radius 1 is 0.591 bits per heavy atom. The van der Waals surface area contributed by atoms with Crippen LogP contribution in [-0.2, 0) is 25.3 Å². The molecule has 22 heavy (non-hydrogen) atoms. The van der Waals surface area contributed by atoms with Crippen molar-refractivity contribution >= 4 is 64.8 Å². The molecule has 0 heterocycles. The van der Waals surface area contributed by atoms with Gasteiger partial charge in [-0.3, -0.25) is 0 Å². The molecular formula is C18H16BiClS2. The van der Waals surface area contributed by atoms with Crippen molar-refractivity contribution in [2.45, 2.75) is 9.79 Å². The average molecular weight is 541 g/mol. The van der Waals surface area contributed by atoms with Gasteiger partial charge in [-0.15, -0.1) is 0 Å². The van der Waals surface area contributed by atoms with Crippen molar-refractivity contribution < 1.29 is 0 Å². The monoisotopic (exact) mass is 540 g/mol. The standard InChI is InChI=1S/C6H4Cl.2C6H6S.Bi.2H/c3*7-6-4-2-1-3-5-6;;;/h2-5H;2*1-5,7H;;;/q;;;+2;;/p-2. The van der Waals surface area contributed by atoms with Gasteiger partial charge in [0, 0.05) is 0 Å². The van der Waals surface area contributed by atoms with Crippen LogP contribution in [0.25, 0.3) is 0 Å². The van der Waals surface area contributed by atoms with Crippen LogP contribution in [0.3, 0.4) is 0 Å². The molecule has 0 N–H and O–H groups in total. The van der Waals surface area contributed by atoms with Gasteiger partial charge in [-0.05, 0) is 0 Å². The molecule has 0 spiro atoms. The third-order valence-corrected chi connectivity index (χ3v) is 4.65. The minimum Gasteiger partial charge on any atom is -0.780 e. The van der Waals surface area contributed by atoms with Crippen LogP contribution < -0.4 is 3.27 Å². The molecule has 0 unspecified atom stereocenters. The van der Waals surface area contributed by atoms with E-state index in [1.165, 1.54) is 3.27 Å². The van der Waals surface area contributed by atoms with E-state index in [9.17, 15) is 0 Å². The Bertz CT molecular complexity index is 570. The Labute approximate surface area is 163 Å². The van der Waals surface area contributed by atoms with Crippen molar-refractivity contribution in [3.63, 3.8) is 0 Å². The molecule has 3 aromatic rings. The normalized spacial score (nSPS) is 8.77. The van der Waals surface area contributed by atoms with Gasteiger partial charge in [-0.2, -0.15) is 9.79 Å². The van der Waals surface area contributed by atoms with Gasteiger partial charge in [0.2, 0.25) is 0 Å². The quantitative estimate of drug-likeness (QED) is 0.314. The van der Waals surface area contributed by atoms with Gasteiger partial charge in [-0.1, -0.05) is 60.7 Å². The second-order valence-electron chi connectivity index (χ2n) is 4.18. The Balaban J connectivity index is 0.000000166. The van der Waals surface area contributed by atoms with Gasteiger partial charge < -0.3 is 25.3 Å². The van der Waals surface area contributed by atoms with E-state index in [-0.39, 0.29) is 0 Å². The van der Waals surface area contributed by atoms with E-state index >= 15 is 0 Å². The zero-order chi connectivity index (χ0) is 16.2. The fourth-order valence-corrected chi connectivity index (χ4v) is 2.49. The van der Waals surface area contributed by atoms with Crippen LogP contribution >= 0.6 is 11.6 Å². The molecule has 0 radical (unpaired) electrons. The molecule has 0 aliphatic carbocycles. The van der Waals surface area contributed by atoms with Crippen molar-refractivity contribution in [3.8, 4) is 0 Å². The predicted molar refractivity (Wildman–Crippen MR) is 104 cm³/mol. The Hall–Kier alpha value is -0.727. The van der Waals surface area contributed by atoms with Crippen molar-refractivity contribution in [1.29, 1.82) is 0 Å². The third-order valence-electron chi connectivity index (χ3n) is 2.36. The molecule has 0 aliphatic rings. The van der Waals surface area contributed by atoms with Crippen molar-refractivity contribution in [2.75, 3.05) is 0 Å². The molecule has 0 saturated carbocycles. The van der Waals surface area contributed by atoms with Gasteiger partial charge in [0.15, 0.2) is 0 Å². The molecule has 0 bridgehead atoms. The van der Waals surface area contributed by atoms with Crippen molar-refractivity contribution in [1.82, 2.24) is 0 Å². The van der Waals surface area contributed by atoms with Crippen molar-refractivity contribution in [2.24, 2.45) is 0 Å². The second kappa shape index (κ2) is 11.8. The molecule has 3 aromatic carbocycles. The van der Waals surface area contributed by atoms with E-state index in [0.717, 1.165) is 39.5 Å². The molecule has 0 nitrogen and oxygen atoms in total. The maximum Gasteiger partial charge on any atom is -0.0624 e. The molecule has 0 fully saturated rings. The summed E-state index contributed by atoms with van der Waals surface area (Å²) in [5, 5.41) is 0.828. The zero-order valence-electron chi connectivity index (χ0n) is 11.9. The van der Waals surface area contributed by atoms with Crippen LogP contribution in [0.1, 0.15) is 0 Å². The predicted octanol–water partition coefficient (Wildman–Crippen LogP) is 3.78. The van der Waals surface area contributed by atoms with Crippen LogP contribution in [0, 0.1) is 0 Å². The van der Waals surface area contributed by atoms with E-state index in [2.05, 4.69) is 12.1 Å². The summed E-state index contributed by atoms with van der Waals surface area (Å²) < 4.78 is 1.41. The summed E-state index contributed by atoms with van der Waals surface area (Å²) in [5.74, 6) is 0. The number of hydrogen-bond acceptors (Lipinski definition) is 2. The third kappa shape index (κ3) is 10.1. The smallest absolute Gasteiger partial charge is 0.0624 e. The van der Waals surface area contributed by atoms with Crippen molar-refractivity contribution in [3.05, 3.63) is 90.0 Å². The SMILES string of the molecule is Clc1cc[c]([BiH2+2])cc1.[S-]c1ccccc1.[S-]c1ccccc1. The van der Waals surface area contributed by atoms with E-state index < -0.39 is 0 Å². The first kappa shape index (κ1) is 19.3. The Kier molecular flexibility index (Phi) is 10.4. The number of rotatable bonds is 0. The Morgan fingerprint density at radius 2 is 0.955 bits per heavy atom. The zero-order valence-corrected chi connectivity index (χ0v) is 18.7. The minimum absolute atomic E-state index is 0.828. The van der Waals surface area contributed by atoms with E-state index in [0.29, 0.717) is 0 Å². The molecule has 0 amide bonds. The summed E-state index contributed by atoms with van der Waals surface area (Å²) in [6.07, 6.45) is 0. The summed E-state index contributed by atoms with van der Waals surface area (Å²) in [4.78, 5) is 1.81. The first-order chi connectivity index (χ1) is 10.6. The fourth-order valence-electron chi connectivity index (χ4n) is 1.30. The first-order valence-electron chi connectivity index (χ1n) is 6.53. The van der Waals surface area contributed by atoms with Gasteiger partial charge in [0.05, 0.1) is 0 Å². The maximum absolute atomic E-state index is 5.63. The van der Waals surface area contributed by atoms with Crippen LogP contribution in [0.15, 0.2) is 94.7 Å². The maximum atomic E-state index is 5.63. The van der Waals surface area contributed by atoms with Crippen LogP contribution in [0.2, 0.25) is 5.02 Å². The molecule has 0 saturated heterocycles. The summed E-state index contributed by atoms with van der Waals surface area (Å²) in [7, 11) is 0. The summed E-state index contributed by atoms with van der Waals surface area (Å²) in [6, 6.07) is 27.2. The molecule has 112 valence electrons. The number of halogens is 1. The largest absolute Gasteiger partial charge is 0.780 e. The minimum atomic E-state index is 0.828. The number of hydrogen-bond donors (Lipinski definition) is 0. The van der Waals surface area contributed by atoms with E-state index in [1.807, 2.05) is 72.8 Å². The number of benzene rings is 3. The molecule has 0 aromatic heterocycles. The molecule has 3 rings (SSSR count). The molecule has 0 atom stereocenters. The second-order valence-corrected chi connectivity index (χ2v) is 8.15. The van der Waals surface area contributed by atoms with Crippen LogP contribution in [0.4, 0.5) is 0 Å². The Morgan fingerprint density at radius 3 is 1.18 bits per heavy atom. The summed E-state index contributed by atoms with van der Waals surface area (Å²) >= 11 is 16.2. The summed E-state index contributed by atoms with van der Waals surface area (Å²) in [6.45, 7) is 0. The molecule has 4 heteroatoms. The van der Waals surface area contributed by atoms with Gasteiger partial charge >= 0.3 is 68.9 Å². The van der Waals surface area contributed by atoms with E-state index in [1.54, 1.807) is 0 Å². The average Bonchev–Trinajstić information content (AvgIpc) is 2.53. The van der Waals surface area contributed by atoms with Crippen LogP contribution in [0.5, 0.6) is 0 Å². The van der Waals surface area contributed by atoms with Crippen LogP contribution in [-0.4, -0.2) is 24.7 Å². The van der Waals surface area contributed by atoms with Gasteiger partial charge in [-0.25, -0.2) is 0 Å². The van der Waals surface area contributed by atoms with Gasteiger partial charge in [0.25, 0.3) is 0 Å². The first-order valence-corrected chi connectivity index (χ1v) is 9.97. The fraction of sp³-hybridized carbons (Fsp3) is 0. The van der Waals surface area contributed by atoms with E-state index in [4.69, 9.17) is 36.9 Å².